The van der Waals surface area contributed by atoms with Crippen LogP contribution in [0.3, 0.4) is 0 Å². The highest BCUT2D eigenvalue weighted by Crippen LogP contribution is 2.23. The molecule has 0 aliphatic rings. The topological polar surface area (TPSA) is 34.1 Å². The molecule has 0 radical (unpaired) electrons. The van der Waals surface area contributed by atoms with Crippen molar-refractivity contribution in [1.29, 1.82) is 0 Å². The first-order chi connectivity index (χ1) is 9.74. The number of hydrogen-bond acceptors (Lipinski definition) is 3. The van der Waals surface area contributed by atoms with Crippen LogP contribution in [-0.2, 0) is 4.74 Å². The molecule has 0 amide bonds. The second kappa shape index (κ2) is 7.36. The highest BCUT2D eigenvalue weighted by atomic mass is 16.5. The van der Waals surface area contributed by atoms with Crippen molar-refractivity contribution in [3.05, 3.63) is 42.1 Å². The summed E-state index contributed by atoms with van der Waals surface area (Å²) in [5.41, 5.74) is 2.35. The maximum Gasteiger partial charge on any atom is 0.0702 e. The van der Waals surface area contributed by atoms with Gasteiger partial charge in [-0.25, -0.2) is 0 Å². The highest BCUT2D eigenvalue weighted by Gasteiger charge is 2.14. The van der Waals surface area contributed by atoms with Crippen LogP contribution in [0.5, 0.6) is 0 Å². The lowest BCUT2D eigenvalue weighted by molar-refractivity contribution is 0.100. The summed E-state index contributed by atoms with van der Waals surface area (Å²) >= 11 is 0. The van der Waals surface area contributed by atoms with Gasteiger partial charge in [-0.15, -0.1) is 0 Å². The molecule has 0 fully saturated rings. The molecule has 1 N–H and O–H groups in total. The first kappa shape index (κ1) is 14.9. The van der Waals surface area contributed by atoms with Gasteiger partial charge < -0.3 is 10.1 Å². The van der Waals surface area contributed by atoms with Gasteiger partial charge in [0.15, 0.2) is 0 Å². The zero-order valence-corrected chi connectivity index (χ0v) is 12.6. The van der Waals surface area contributed by atoms with Crippen molar-refractivity contribution in [2.75, 3.05) is 13.7 Å². The van der Waals surface area contributed by atoms with Crippen molar-refractivity contribution in [2.24, 2.45) is 0 Å². The van der Waals surface area contributed by atoms with E-state index in [2.05, 4.69) is 48.4 Å². The van der Waals surface area contributed by atoms with E-state index < -0.39 is 0 Å². The van der Waals surface area contributed by atoms with E-state index >= 15 is 0 Å². The number of hydrogen-bond donors (Lipinski definition) is 1. The summed E-state index contributed by atoms with van der Waals surface area (Å²) in [5.74, 6) is 0. The second-order valence-corrected chi connectivity index (χ2v) is 5.24. The summed E-state index contributed by atoms with van der Waals surface area (Å²) in [6.07, 6.45) is 4.19. The van der Waals surface area contributed by atoms with E-state index in [1.807, 2.05) is 12.3 Å². The molecule has 2 aromatic rings. The summed E-state index contributed by atoms with van der Waals surface area (Å²) in [6.45, 7) is 5.32. The maximum absolute atomic E-state index is 5.42. The Bertz CT molecular complexity index is 541. The number of benzene rings is 1. The number of ether oxygens (including phenoxy) is 1. The van der Waals surface area contributed by atoms with E-state index in [1.165, 1.54) is 10.9 Å². The average molecular weight is 272 g/mol. The van der Waals surface area contributed by atoms with Gasteiger partial charge in [-0.2, -0.15) is 0 Å². The number of pyridine rings is 1. The van der Waals surface area contributed by atoms with Crippen molar-refractivity contribution in [3.63, 3.8) is 0 Å². The fraction of sp³-hybridized carbons (Fsp3) is 0.471. The summed E-state index contributed by atoms with van der Waals surface area (Å²) in [5, 5.41) is 4.81. The second-order valence-electron chi connectivity index (χ2n) is 5.24. The minimum atomic E-state index is 0.244. The molecule has 1 aromatic carbocycles. The number of nitrogens with zero attached hydrogens (tertiary/aromatic N) is 1. The Morgan fingerprint density at radius 2 is 2.15 bits per heavy atom. The predicted octanol–water partition coefficient (Wildman–Crippen LogP) is 3.70. The molecule has 108 valence electrons. The molecule has 2 rings (SSSR count). The third-order valence-corrected chi connectivity index (χ3v) is 3.64. The lowest BCUT2D eigenvalue weighted by Crippen LogP contribution is -2.26. The number of methoxy groups -OCH3 is 1. The summed E-state index contributed by atoms with van der Waals surface area (Å²) in [7, 11) is 1.77. The third kappa shape index (κ3) is 3.78. The molecule has 0 aliphatic heterocycles. The van der Waals surface area contributed by atoms with Crippen molar-refractivity contribution in [1.82, 2.24) is 10.3 Å². The van der Waals surface area contributed by atoms with Crippen LogP contribution in [0.1, 0.15) is 38.3 Å². The molecule has 0 aliphatic carbocycles. The standard InChI is InChI=1S/C17H24N2O/c1-4-9-18-17(11-13(2)20-3)15-7-8-16-14(12-15)6-5-10-19-16/h5-8,10,12-13,17-18H,4,9,11H2,1-3H3. The number of fused-ring (bicyclic) bond motifs is 1. The quantitative estimate of drug-likeness (QED) is 0.834. The third-order valence-electron chi connectivity index (χ3n) is 3.64. The van der Waals surface area contributed by atoms with Gasteiger partial charge >= 0.3 is 0 Å². The Labute approximate surface area is 121 Å². The number of aromatic nitrogens is 1. The van der Waals surface area contributed by atoms with Gasteiger partial charge in [0.1, 0.15) is 0 Å². The van der Waals surface area contributed by atoms with Gasteiger partial charge in [0.25, 0.3) is 0 Å². The first-order valence-corrected chi connectivity index (χ1v) is 7.35. The van der Waals surface area contributed by atoms with Crippen LogP contribution in [0.2, 0.25) is 0 Å². The Hall–Kier alpha value is -1.45. The molecular formula is C17H24N2O. The van der Waals surface area contributed by atoms with E-state index in [-0.39, 0.29) is 6.10 Å². The van der Waals surface area contributed by atoms with Crippen LogP contribution in [0, 0.1) is 0 Å². The maximum atomic E-state index is 5.42. The Kier molecular flexibility index (Phi) is 5.50. The van der Waals surface area contributed by atoms with E-state index in [4.69, 9.17) is 4.74 Å². The van der Waals surface area contributed by atoms with Crippen molar-refractivity contribution >= 4 is 10.9 Å². The van der Waals surface area contributed by atoms with Crippen molar-refractivity contribution in [2.45, 2.75) is 38.8 Å². The van der Waals surface area contributed by atoms with E-state index in [1.54, 1.807) is 7.11 Å². The van der Waals surface area contributed by atoms with Crippen LogP contribution < -0.4 is 5.32 Å². The van der Waals surface area contributed by atoms with Crippen LogP contribution in [0.4, 0.5) is 0 Å². The zero-order valence-electron chi connectivity index (χ0n) is 12.6. The molecule has 2 unspecified atom stereocenters. The summed E-state index contributed by atoms with van der Waals surface area (Å²) in [4.78, 5) is 4.38. The van der Waals surface area contributed by atoms with Crippen molar-refractivity contribution in [3.8, 4) is 0 Å². The van der Waals surface area contributed by atoms with Crippen molar-refractivity contribution < 1.29 is 4.74 Å². The molecule has 3 heteroatoms. The normalized spacial score (nSPS) is 14.3. The largest absolute Gasteiger partial charge is 0.382 e. The molecule has 2 atom stereocenters. The molecule has 0 saturated carbocycles. The molecule has 0 bridgehead atoms. The molecule has 20 heavy (non-hydrogen) atoms. The summed E-state index contributed by atoms with van der Waals surface area (Å²) < 4.78 is 5.42. The zero-order chi connectivity index (χ0) is 14.4. The predicted molar refractivity (Wildman–Crippen MR) is 83.9 cm³/mol. The van der Waals surface area contributed by atoms with Gasteiger partial charge in [-0.05, 0) is 50.1 Å². The first-order valence-electron chi connectivity index (χ1n) is 7.35. The minimum Gasteiger partial charge on any atom is -0.382 e. The fourth-order valence-electron chi connectivity index (χ4n) is 2.39. The highest BCUT2D eigenvalue weighted by molar-refractivity contribution is 5.79. The Morgan fingerprint density at radius 1 is 1.30 bits per heavy atom. The summed E-state index contributed by atoms with van der Waals surface area (Å²) in [6, 6.07) is 10.9. The minimum absolute atomic E-state index is 0.244. The van der Waals surface area contributed by atoms with Gasteiger partial charge in [-0.1, -0.05) is 19.1 Å². The fourth-order valence-corrected chi connectivity index (χ4v) is 2.39. The van der Waals surface area contributed by atoms with Gasteiger partial charge in [-0.3, -0.25) is 4.98 Å². The van der Waals surface area contributed by atoms with Crippen LogP contribution in [0.25, 0.3) is 10.9 Å². The SMILES string of the molecule is CCCNC(CC(C)OC)c1ccc2ncccc2c1. The molecule has 0 spiro atoms. The van der Waals surface area contributed by atoms with Gasteiger partial charge in [0.05, 0.1) is 11.6 Å². The van der Waals surface area contributed by atoms with E-state index in [0.717, 1.165) is 24.9 Å². The Balaban J connectivity index is 2.24. The van der Waals surface area contributed by atoms with Gasteiger partial charge in [0, 0.05) is 24.7 Å². The lowest BCUT2D eigenvalue weighted by atomic mass is 9.99. The number of rotatable bonds is 7. The van der Waals surface area contributed by atoms with Crippen LogP contribution in [0.15, 0.2) is 36.5 Å². The monoisotopic (exact) mass is 272 g/mol. The van der Waals surface area contributed by atoms with E-state index in [9.17, 15) is 0 Å². The Morgan fingerprint density at radius 3 is 2.90 bits per heavy atom. The molecular weight excluding hydrogens is 248 g/mol. The smallest absolute Gasteiger partial charge is 0.0702 e. The average Bonchev–Trinajstić information content (AvgIpc) is 2.50. The molecule has 1 aromatic heterocycles. The molecule has 3 nitrogen and oxygen atoms in total. The van der Waals surface area contributed by atoms with Crippen LogP contribution >= 0.6 is 0 Å². The molecule has 1 heterocycles. The lowest BCUT2D eigenvalue weighted by Gasteiger charge is -2.22. The van der Waals surface area contributed by atoms with Gasteiger partial charge in [0.2, 0.25) is 0 Å². The van der Waals surface area contributed by atoms with E-state index in [0.29, 0.717) is 6.04 Å². The van der Waals surface area contributed by atoms with Crippen LogP contribution in [-0.4, -0.2) is 24.7 Å². The molecule has 0 saturated heterocycles. The number of nitrogens with one attached hydrogen (secondary N) is 1.